The Bertz CT molecular complexity index is 523. The molecule has 4 heteroatoms. The summed E-state index contributed by atoms with van der Waals surface area (Å²) in [4.78, 5) is 14.8. The number of aldehydes is 1. The quantitative estimate of drug-likeness (QED) is 0.757. The maximum Gasteiger partial charge on any atom is 0.224 e. The molecule has 0 aliphatic carbocycles. The fraction of sp³-hybridized carbons (Fsp3) is 0.143. The van der Waals surface area contributed by atoms with Gasteiger partial charge in [0.25, 0.3) is 0 Å². The van der Waals surface area contributed by atoms with Crippen LogP contribution in [0.25, 0.3) is 0 Å². The zero-order valence-electron chi connectivity index (χ0n) is 10.00. The van der Waals surface area contributed by atoms with Gasteiger partial charge in [-0.3, -0.25) is 4.79 Å². The van der Waals surface area contributed by atoms with Crippen molar-refractivity contribution >= 4 is 6.29 Å². The van der Waals surface area contributed by atoms with Crippen molar-refractivity contribution in [3.05, 3.63) is 53.7 Å². The fourth-order valence-electron chi connectivity index (χ4n) is 1.49. The molecule has 2 rings (SSSR count). The van der Waals surface area contributed by atoms with Gasteiger partial charge in [-0.1, -0.05) is 12.1 Å². The van der Waals surface area contributed by atoms with Crippen molar-refractivity contribution in [1.29, 1.82) is 0 Å². The third-order valence-electron chi connectivity index (χ3n) is 2.46. The van der Waals surface area contributed by atoms with Gasteiger partial charge in [-0.05, 0) is 29.8 Å². The molecule has 2 aromatic rings. The van der Waals surface area contributed by atoms with Crippen molar-refractivity contribution in [2.75, 3.05) is 7.11 Å². The summed E-state index contributed by atoms with van der Waals surface area (Å²) in [6, 6.07) is 10.9. The Morgan fingerprint density at radius 1 is 1.22 bits per heavy atom. The van der Waals surface area contributed by atoms with Gasteiger partial charge in [0, 0.05) is 6.20 Å². The van der Waals surface area contributed by atoms with Crippen LogP contribution < -0.4 is 9.47 Å². The molecular weight excluding hydrogens is 230 g/mol. The van der Waals surface area contributed by atoms with Gasteiger partial charge in [0.2, 0.25) is 5.88 Å². The average molecular weight is 243 g/mol. The van der Waals surface area contributed by atoms with Gasteiger partial charge in [-0.25, -0.2) is 4.98 Å². The van der Waals surface area contributed by atoms with E-state index in [0.717, 1.165) is 17.6 Å². The number of nitrogens with zero attached hydrogens (tertiary/aromatic N) is 1. The number of rotatable bonds is 5. The molecule has 0 aliphatic heterocycles. The SMILES string of the molecule is COc1ccc(COc2ncccc2C=O)cc1. The molecule has 0 bridgehead atoms. The van der Waals surface area contributed by atoms with Crippen LogP contribution in [-0.2, 0) is 6.61 Å². The third-order valence-corrected chi connectivity index (χ3v) is 2.46. The molecule has 0 radical (unpaired) electrons. The number of aromatic nitrogens is 1. The Hall–Kier alpha value is -2.36. The molecule has 0 saturated heterocycles. The minimum Gasteiger partial charge on any atom is -0.497 e. The molecule has 0 atom stereocenters. The first-order valence-electron chi connectivity index (χ1n) is 5.49. The minimum absolute atomic E-state index is 0.350. The summed E-state index contributed by atoms with van der Waals surface area (Å²) in [5.41, 5.74) is 1.43. The Morgan fingerprint density at radius 3 is 2.67 bits per heavy atom. The molecule has 0 spiro atoms. The van der Waals surface area contributed by atoms with E-state index in [1.165, 1.54) is 0 Å². The predicted molar refractivity (Wildman–Crippen MR) is 67.0 cm³/mol. The number of methoxy groups -OCH3 is 1. The summed E-state index contributed by atoms with van der Waals surface area (Å²) in [5, 5.41) is 0. The normalized spacial score (nSPS) is 9.83. The highest BCUT2D eigenvalue weighted by Crippen LogP contribution is 2.16. The summed E-state index contributed by atoms with van der Waals surface area (Å²) in [5.74, 6) is 1.15. The maximum absolute atomic E-state index is 10.8. The molecule has 0 fully saturated rings. The van der Waals surface area contributed by atoms with Crippen LogP contribution in [0.1, 0.15) is 15.9 Å². The van der Waals surface area contributed by atoms with Crippen molar-refractivity contribution in [2.24, 2.45) is 0 Å². The number of hydrogen-bond acceptors (Lipinski definition) is 4. The Balaban J connectivity index is 2.04. The van der Waals surface area contributed by atoms with E-state index < -0.39 is 0 Å². The highest BCUT2D eigenvalue weighted by atomic mass is 16.5. The molecule has 0 N–H and O–H groups in total. The lowest BCUT2D eigenvalue weighted by Gasteiger charge is -2.07. The van der Waals surface area contributed by atoms with Crippen molar-refractivity contribution < 1.29 is 14.3 Å². The lowest BCUT2D eigenvalue weighted by atomic mass is 10.2. The molecular formula is C14H13NO3. The van der Waals surface area contributed by atoms with Gasteiger partial charge in [0.15, 0.2) is 6.29 Å². The van der Waals surface area contributed by atoms with E-state index in [-0.39, 0.29) is 0 Å². The van der Waals surface area contributed by atoms with Gasteiger partial charge in [-0.15, -0.1) is 0 Å². The molecule has 0 aliphatic rings. The standard InChI is InChI=1S/C14H13NO3/c1-17-13-6-4-11(5-7-13)10-18-14-12(9-16)3-2-8-15-14/h2-9H,10H2,1H3. The van der Waals surface area contributed by atoms with Crippen LogP contribution in [0.15, 0.2) is 42.6 Å². The van der Waals surface area contributed by atoms with Gasteiger partial charge in [-0.2, -0.15) is 0 Å². The monoisotopic (exact) mass is 243 g/mol. The second-order valence-corrected chi connectivity index (χ2v) is 3.65. The van der Waals surface area contributed by atoms with Gasteiger partial charge < -0.3 is 9.47 Å². The van der Waals surface area contributed by atoms with E-state index >= 15 is 0 Å². The van der Waals surface area contributed by atoms with Crippen LogP contribution in [0, 0.1) is 0 Å². The Morgan fingerprint density at radius 2 is 2.00 bits per heavy atom. The van der Waals surface area contributed by atoms with E-state index in [1.54, 1.807) is 25.4 Å². The summed E-state index contributed by atoms with van der Waals surface area (Å²) in [6.45, 7) is 0.363. The van der Waals surface area contributed by atoms with Crippen LogP contribution in [0.2, 0.25) is 0 Å². The third kappa shape index (κ3) is 2.85. The first kappa shape index (κ1) is 12.1. The van der Waals surface area contributed by atoms with Crippen LogP contribution >= 0.6 is 0 Å². The number of carbonyl (C=O) groups excluding carboxylic acids is 1. The average Bonchev–Trinajstić information content (AvgIpc) is 2.46. The fourth-order valence-corrected chi connectivity index (χ4v) is 1.49. The number of benzene rings is 1. The molecule has 0 saturated carbocycles. The van der Waals surface area contributed by atoms with Gasteiger partial charge in [0.1, 0.15) is 12.4 Å². The smallest absolute Gasteiger partial charge is 0.224 e. The van der Waals surface area contributed by atoms with Crippen molar-refractivity contribution in [3.8, 4) is 11.6 Å². The first-order valence-corrected chi connectivity index (χ1v) is 5.49. The Kier molecular flexibility index (Phi) is 3.91. The summed E-state index contributed by atoms with van der Waals surface area (Å²) >= 11 is 0. The minimum atomic E-state index is 0.350. The summed E-state index contributed by atoms with van der Waals surface area (Å²) < 4.78 is 10.6. The van der Waals surface area contributed by atoms with E-state index in [2.05, 4.69) is 4.98 Å². The predicted octanol–water partition coefficient (Wildman–Crippen LogP) is 2.48. The van der Waals surface area contributed by atoms with Crippen molar-refractivity contribution in [2.45, 2.75) is 6.61 Å². The number of pyridine rings is 1. The van der Waals surface area contributed by atoms with E-state index in [1.807, 2.05) is 24.3 Å². The van der Waals surface area contributed by atoms with Crippen molar-refractivity contribution in [1.82, 2.24) is 4.98 Å². The van der Waals surface area contributed by atoms with Crippen LogP contribution in [0.3, 0.4) is 0 Å². The number of ether oxygens (including phenoxy) is 2. The number of hydrogen-bond donors (Lipinski definition) is 0. The van der Waals surface area contributed by atoms with E-state index in [0.29, 0.717) is 18.1 Å². The second kappa shape index (κ2) is 5.82. The maximum atomic E-state index is 10.8. The summed E-state index contributed by atoms with van der Waals surface area (Å²) in [7, 11) is 1.62. The molecule has 0 unspecified atom stereocenters. The molecule has 92 valence electrons. The van der Waals surface area contributed by atoms with Crippen molar-refractivity contribution in [3.63, 3.8) is 0 Å². The van der Waals surface area contributed by atoms with Gasteiger partial charge >= 0.3 is 0 Å². The van der Waals surface area contributed by atoms with Crippen LogP contribution in [0.4, 0.5) is 0 Å². The molecule has 4 nitrogen and oxygen atoms in total. The van der Waals surface area contributed by atoms with Crippen LogP contribution in [-0.4, -0.2) is 18.4 Å². The molecule has 1 heterocycles. The van der Waals surface area contributed by atoms with E-state index in [4.69, 9.17) is 9.47 Å². The highest BCUT2D eigenvalue weighted by molar-refractivity contribution is 5.77. The van der Waals surface area contributed by atoms with Gasteiger partial charge in [0.05, 0.1) is 12.7 Å². The number of carbonyl (C=O) groups is 1. The lowest BCUT2D eigenvalue weighted by molar-refractivity contribution is 0.111. The topological polar surface area (TPSA) is 48.4 Å². The molecule has 18 heavy (non-hydrogen) atoms. The second-order valence-electron chi connectivity index (χ2n) is 3.65. The summed E-state index contributed by atoms with van der Waals surface area (Å²) in [6.07, 6.45) is 2.33. The molecule has 0 amide bonds. The lowest BCUT2D eigenvalue weighted by Crippen LogP contribution is -2.00. The molecule has 1 aromatic heterocycles. The largest absolute Gasteiger partial charge is 0.497 e. The Labute approximate surface area is 105 Å². The zero-order valence-corrected chi connectivity index (χ0v) is 10.00. The highest BCUT2D eigenvalue weighted by Gasteiger charge is 2.03. The molecule has 1 aromatic carbocycles. The first-order chi connectivity index (χ1) is 8.83. The van der Waals surface area contributed by atoms with Crippen LogP contribution in [0.5, 0.6) is 11.6 Å². The zero-order chi connectivity index (χ0) is 12.8. The van der Waals surface area contributed by atoms with E-state index in [9.17, 15) is 4.79 Å².